The molecule has 102 valence electrons. The van der Waals surface area contributed by atoms with Crippen molar-refractivity contribution in [1.82, 2.24) is 0 Å². The Hall–Kier alpha value is -1.90. The molecule has 0 aliphatic rings. The van der Waals surface area contributed by atoms with Crippen LogP contribution in [-0.4, -0.2) is 5.11 Å². The Bertz CT molecular complexity index is 680. The van der Waals surface area contributed by atoms with Crippen LogP contribution in [0.2, 0.25) is 0 Å². The van der Waals surface area contributed by atoms with Crippen LogP contribution in [0.5, 0.6) is 11.5 Å². The molecule has 0 radical (unpaired) electrons. The number of rotatable bonds is 3. The summed E-state index contributed by atoms with van der Waals surface area (Å²) >= 11 is 3.31. The Labute approximate surface area is 124 Å². The SMILES string of the molecule is CC(O)c1cc(Br)ccc1Oc1cccc(F)c1C#N. The van der Waals surface area contributed by atoms with Gasteiger partial charge in [0, 0.05) is 10.0 Å². The minimum absolute atomic E-state index is 0.122. The van der Waals surface area contributed by atoms with Crippen molar-refractivity contribution in [3.8, 4) is 17.6 Å². The average molecular weight is 336 g/mol. The molecule has 0 spiro atoms. The number of hydrogen-bond acceptors (Lipinski definition) is 3. The van der Waals surface area contributed by atoms with E-state index in [0.717, 1.165) is 4.47 Å². The molecule has 0 amide bonds. The van der Waals surface area contributed by atoms with Crippen molar-refractivity contribution in [3.05, 3.63) is 57.8 Å². The summed E-state index contributed by atoms with van der Waals surface area (Å²) in [6.07, 6.45) is -0.749. The lowest BCUT2D eigenvalue weighted by atomic mass is 10.1. The van der Waals surface area contributed by atoms with Crippen LogP contribution in [0.4, 0.5) is 4.39 Å². The van der Waals surface area contributed by atoms with Crippen molar-refractivity contribution < 1.29 is 14.2 Å². The molecular formula is C15H11BrFNO2. The Morgan fingerprint density at radius 2 is 2.05 bits per heavy atom. The molecule has 1 N–H and O–H groups in total. The Morgan fingerprint density at radius 1 is 1.30 bits per heavy atom. The van der Waals surface area contributed by atoms with Gasteiger partial charge in [-0.15, -0.1) is 0 Å². The summed E-state index contributed by atoms with van der Waals surface area (Å²) < 4.78 is 19.9. The van der Waals surface area contributed by atoms with Gasteiger partial charge in [-0.3, -0.25) is 0 Å². The zero-order valence-electron chi connectivity index (χ0n) is 10.6. The Morgan fingerprint density at radius 3 is 2.70 bits per heavy atom. The lowest BCUT2D eigenvalue weighted by molar-refractivity contribution is 0.195. The van der Waals surface area contributed by atoms with Crippen molar-refractivity contribution in [1.29, 1.82) is 5.26 Å². The van der Waals surface area contributed by atoms with Crippen molar-refractivity contribution >= 4 is 15.9 Å². The molecule has 0 aliphatic carbocycles. The first-order valence-electron chi connectivity index (χ1n) is 5.87. The van der Waals surface area contributed by atoms with Crippen LogP contribution in [0.1, 0.15) is 24.2 Å². The average Bonchev–Trinajstić information content (AvgIpc) is 2.41. The minimum atomic E-state index is -0.749. The lowest BCUT2D eigenvalue weighted by Crippen LogP contribution is -1.98. The van der Waals surface area contributed by atoms with Crippen LogP contribution in [0.15, 0.2) is 40.9 Å². The molecule has 0 aromatic heterocycles. The van der Waals surface area contributed by atoms with E-state index in [0.29, 0.717) is 11.3 Å². The molecule has 1 unspecified atom stereocenters. The fraction of sp³-hybridized carbons (Fsp3) is 0.133. The standard InChI is InChI=1S/C15H11BrFNO2/c1-9(19)11-7-10(16)5-6-15(11)20-14-4-2-3-13(17)12(14)8-18/h2-7,9,19H,1H3. The summed E-state index contributed by atoms with van der Waals surface area (Å²) in [6, 6.07) is 11.1. The molecule has 0 aliphatic heterocycles. The number of aliphatic hydroxyl groups excluding tert-OH is 1. The summed E-state index contributed by atoms with van der Waals surface area (Å²) in [6.45, 7) is 1.60. The maximum Gasteiger partial charge on any atom is 0.148 e. The Balaban J connectivity index is 2.46. The number of ether oxygens (including phenoxy) is 1. The molecule has 0 saturated heterocycles. The highest BCUT2D eigenvalue weighted by molar-refractivity contribution is 9.10. The van der Waals surface area contributed by atoms with Gasteiger partial charge in [-0.2, -0.15) is 5.26 Å². The van der Waals surface area contributed by atoms with E-state index >= 15 is 0 Å². The quantitative estimate of drug-likeness (QED) is 0.909. The minimum Gasteiger partial charge on any atom is -0.455 e. The first-order valence-corrected chi connectivity index (χ1v) is 6.66. The van der Waals surface area contributed by atoms with Crippen LogP contribution in [-0.2, 0) is 0 Å². The van der Waals surface area contributed by atoms with Gasteiger partial charge < -0.3 is 9.84 Å². The van der Waals surface area contributed by atoms with E-state index in [1.165, 1.54) is 18.2 Å². The van der Waals surface area contributed by atoms with Gasteiger partial charge in [0.25, 0.3) is 0 Å². The van der Waals surface area contributed by atoms with Crippen molar-refractivity contribution in [2.24, 2.45) is 0 Å². The first-order chi connectivity index (χ1) is 9.52. The topological polar surface area (TPSA) is 53.2 Å². The third-order valence-corrected chi connectivity index (χ3v) is 3.22. The molecule has 0 heterocycles. The fourth-order valence-electron chi connectivity index (χ4n) is 1.76. The molecule has 3 nitrogen and oxygen atoms in total. The molecule has 0 bridgehead atoms. The Kier molecular flexibility index (Phi) is 4.38. The van der Waals surface area contributed by atoms with Crippen molar-refractivity contribution in [2.75, 3.05) is 0 Å². The van der Waals surface area contributed by atoms with E-state index in [1.807, 2.05) is 0 Å². The molecule has 0 fully saturated rings. The van der Waals surface area contributed by atoms with Gasteiger partial charge in [-0.1, -0.05) is 22.0 Å². The van der Waals surface area contributed by atoms with E-state index in [-0.39, 0.29) is 11.3 Å². The predicted octanol–water partition coefficient (Wildman–Crippen LogP) is 4.31. The van der Waals surface area contributed by atoms with E-state index in [4.69, 9.17) is 10.00 Å². The molecule has 5 heteroatoms. The summed E-state index contributed by atoms with van der Waals surface area (Å²) in [4.78, 5) is 0. The van der Waals surface area contributed by atoms with Crippen molar-refractivity contribution in [2.45, 2.75) is 13.0 Å². The van der Waals surface area contributed by atoms with Crippen LogP contribution in [0, 0.1) is 17.1 Å². The zero-order chi connectivity index (χ0) is 14.7. The van der Waals surface area contributed by atoms with Crippen LogP contribution >= 0.6 is 15.9 Å². The number of aliphatic hydroxyl groups is 1. The molecule has 1 atom stereocenters. The van der Waals surface area contributed by atoms with Crippen molar-refractivity contribution in [3.63, 3.8) is 0 Å². The highest BCUT2D eigenvalue weighted by atomic mass is 79.9. The van der Waals surface area contributed by atoms with E-state index in [1.54, 1.807) is 31.2 Å². The van der Waals surface area contributed by atoms with Gasteiger partial charge in [0.05, 0.1) is 6.10 Å². The second-order valence-corrected chi connectivity index (χ2v) is 5.10. The van der Waals surface area contributed by atoms with E-state index in [2.05, 4.69) is 15.9 Å². The van der Waals surface area contributed by atoms with Crippen LogP contribution < -0.4 is 4.74 Å². The first kappa shape index (κ1) is 14.5. The second-order valence-electron chi connectivity index (χ2n) is 4.18. The van der Waals surface area contributed by atoms with Gasteiger partial charge in [0.2, 0.25) is 0 Å². The smallest absolute Gasteiger partial charge is 0.148 e. The maximum absolute atomic E-state index is 13.5. The molecular weight excluding hydrogens is 325 g/mol. The molecule has 2 aromatic rings. The highest BCUT2D eigenvalue weighted by Crippen LogP contribution is 2.33. The fourth-order valence-corrected chi connectivity index (χ4v) is 2.13. The van der Waals surface area contributed by atoms with Gasteiger partial charge in [-0.05, 0) is 37.3 Å². The van der Waals surface area contributed by atoms with E-state index in [9.17, 15) is 9.50 Å². The monoisotopic (exact) mass is 335 g/mol. The normalized spacial score (nSPS) is 11.8. The summed E-state index contributed by atoms with van der Waals surface area (Å²) in [7, 11) is 0. The molecule has 0 saturated carbocycles. The maximum atomic E-state index is 13.5. The van der Waals surface area contributed by atoms with E-state index < -0.39 is 11.9 Å². The molecule has 2 aromatic carbocycles. The largest absolute Gasteiger partial charge is 0.455 e. The van der Waals surface area contributed by atoms with Gasteiger partial charge in [0.1, 0.15) is 28.9 Å². The predicted molar refractivity (Wildman–Crippen MR) is 76.0 cm³/mol. The molecule has 2 rings (SSSR count). The summed E-state index contributed by atoms with van der Waals surface area (Å²) in [5.74, 6) is -0.136. The number of hydrogen-bond donors (Lipinski definition) is 1. The summed E-state index contributed by atoms with van der Waals surface area (Å²) in [5, 5.41) is 18.7. The van der Waals surface area contributed by atoms with Gasteiger partial charge >= 0.3 is 0 Å². The highest BCUT2D eigenvalue weighted by Gasteiger charge is 2.14. The molecule has 20 heavy (non-hydrogen) atoms. The number of nitriles is 1. The number of nitrogens with zero attached hydrogens (tertiary/aromatic N) is 1. The lowest BCUT2D eigenvalue weighted by Gasteiger charge is -2.14. The van der Waals surface area contributed by atoms with Crippen LogP contribution in [0.25, 0.3) is 0 Å². The van der Waals surface area contributed by atoms with Gasteiger partial charge in [-0.25, -0.2) is 4.39 Å². The number of benzene rings is 2. The number of halogens is 2. The second kappa shape index (κ2) is 6.04. The third-order valence-electron chi connectivity index (χ3n) is 2.73. The third kappa shape index (κ3) is 2.98. The van der Waals surface area contributed by atoms with Crippen LogP contribution in [0.3, 0.4) is 0 Å². The zero-order valence-corrected chi connectivity index (χ0v) is 12.2. The van der Waals surface area contributed by atoms with Gasteiger partial charge in [0.15, 0.2) is 0 Å². The summed E-state index contributed by atoms with van der Waals surface area (Å²) in [5.41, 5.74) is 0.388.